The minimum Gasteiger partial charge on any atom is -0.466 e. The van der Waals surface area contributed by atoms with E-state index in [1.165, 1.54) is 12.7 Å². The van der Waals surface area contributed by atoms with Crippen LogP contribution >= 0.6 is 31.9 Å². The van der Waals surface area contributed by atoms with Crippen molar-refractivity contribution in [1.82, 2.24) is 0 Å². The van der Waals surface area contributed by atoms with Crippen LogP contribution in [0.3, 0.4) is 0 Å². The summed E-state index contributed by atoms with van der Waals surface area (Å²) in [7, 11) is 1.39. The molecule has 0 aromatic heterocycles. The molecule has 24 heavy (non-hydrogen) atoms. The Kier molecular flexibility index (Phi) is 5.07. The number of halogens is 2. The Hall–Kier alpha value is -1.65. The van der Waals surface area contributed by atoms with Crippen molar-refractivity contribution in [3.05, 3.63) is 86.3 Å². The van der Waals surface area contributed by atoms with Crippen molar-refractivity contribution >= 4 is 43.4 Å². The van der Waals surface area contributed by atoms with E-state index in [9.17, 15) is 4.79 Å². The van der Waals surface area contributed by atoms with Gasteiger partial charge >= 0.3 is 5.97 Å². The number of hydrogen-bond acceptors (Lipinski definition) is 2. The van der Waals surface area contributed by atoms with Crippen LogP contribution in [-0.4, -0.2) is 13.1 Å². The predicted octanol–water partition coefficient (Wildman–Crippen LogP) is 5.62. The second-order valence-electron chi connectivity index (χ2n) is 5.62. The molecule has 1 atom stereocenters. The van der Waals surface area contributed by atoms with Crippen molar-refractivity contribution < 1.29 is 9.53 Å². The largest absolute Gasteiger partial charge is 0.466 e. The van der Waals surface area contributed by atoms with E-state index in [1.807, 2.05) is 36.4 Å². The number of methoxy groups -OCH3 is 1. The first-order valence-electron chi connectivity index (χ1n) is 7.53. The average Bonchev–Trinajstić information content (AvgIpc) is 2.92. The number of fused-ring (bicyclic) bond motifs is 1. The Labute approximate surface area is 158 Å². The quantitative estimate of drug-likeness (QED) is 0.448. The van der Waals surface area contributed by atoms with Gasteiger partial charge < -0.3 is 4.74 Å². The molecule has 0 saturated heterocycles. The Bertz CT molecular complexity index is 852. The maximum atomic E-state index is 12.2. The predicted molar refractivity (Wildman–Crippen MR) is 104 cm³/mol. The first-order valence-corrected chi connectivity index (χ1v) is 9.11. The van der Waals surface area contributed by atoms with E-state index >= 15 is 0 Å². The number of carbonyl (C=O) groups is 1. The summed E-state index contributed by atoms with van der Waals surface area (Å²) in [6.45, 7) is 4.04. The van der Waals surface area contributed by atoms with Gasteiger partial charge in [-0.1, -0.05) is 80.9 Å². The number of carbonyl (C=O) groups excluding carboxylic acids is 1. The zero-order chi connectivity index (χ0) is 17.3. The van der Waals surface area contributed by atoms with Crippen LogP contribution in [0.5, 0.6) is 0 Å². The zero-order valence-electron chi connectivity index (χ0n) is 13.2. The number of benzene rings is 2. The third-order valence-corrected chi connectivity index (χ3v) is 5.68. The minimum absolute atomic E-state index is 0.272. The van der Waals surface area contributed by atoms with Crippen LogP contribution in [0.2, 0.25) is 0 Å². The molecule has 0 spiro atoms. The molecule has 0 fully saturated rings. The van der Waals surface area contributed by atoms with Crippen LogP contribution in [0, 0.1) is 0 Å². The summed E-state index contributed by atoms with van der Waals surface area (Å²) in [5.74, 6) is -0.668. The number of ether oxygens (including phenoxy) is 1. The summed E-state index contributed by atoms with van der Waals surface area (Å²) >= 11 is 7.33. The van der Waals surface area contributed by atoms with Gasteiger partial charge in [0.15, 0.2) is 0 Å². The van der Waals surface area contributed by atoms with Gasteiger partial charge in [-0.3, -0.25) is 0 Å². The highest BCUT2D eigenvalue weighted by atomic mass is 79.9. The van der Waals surface area contributed by atoms with E-state index in [0.717, 1.165) is 32.1 Å². The van der Waals surface area contributed by atoms with Crippen LogP contribution in [0.1, 0.15) is 22.6 Å². The van der Waals surface area contributed by atoms with Crippen LogP contribution in [0.15, 0.2) is 69.6 Å². The average molecular weight is 448 g/mol. The highest BCUT2D eigenvalue weighted by molar-refractivity contribution is 9.11. The van der Waals surface area contributed by atoms with Gasteiger partial charge in [0.1, 0.15) is 0 Å². The van der Waals surface area contributed by atoms with Crippen molar-refractivity contribution in [3.8, 4) is 0 Å². The van der Waals surface area contributed by atoms with Gasteiger partial charge in [-0.15, -0.1) is 0 Å². The fourth-order valence-corrected chi connectivity index (χ4v) is 4.39. The topological polar surface area (TPSA) is 26.3 Å². The molecule has 0 N–H and O–H groups in total. The summed E-state index contributed by atoms with van der Waals surface area (Å²) < 4.78 is 6.97. The van der Waals surface area contributed by atoms with Gasteiger partial charge in [0.2, 0.25) is 0 Å². The van der Waals surface area contributed by atoms with E-state index < -0.39 is 5.97 Å². The van der Waals surface area contributed by atoms with E-state index in [2.05, 4.69) is 50.6 Å². The van der Waals surface area contributed by atoms with E-state index in [-0.39, 0.29) is 5.92 Å². The third-order valence-electron chi connectivity index (χ3n) is 4.25. The number of rotatable bonds is 4. The third kappa shape index (κ3) is 3.01. The fraction of sp³-hybridized carbons (Fsp3) is 0.150. The highest BCUT2D eigenvalue weighted by Gasteiger charge is 2.33. The molecule has 0 radical (unpaired) electrons. The Balaban J connectivity index is 2.20. The molecule has 1 aliphatic carbocycles. The molecule has 0 unspecified atom stereocenters. The van der Waals surface area contributed by atoms with Crippen LogP contribution in [0.4, 0.5) is 0 Å². The minimum atomic E-state index is -0.395. The van der Waals surface area contributed by atoms with Crippen molar-refractivity contribution in [1.29, 1.82) is 0 Å². The first kappa shape index (κ1) is 17.2. The number of esters is 1. The molecule has 4 heteroatoms. The summed E-state index contributed by atoms with van der Waals surface area (Å²) in [6, 6.07) is 16.2. The van der Waals surface area contributed by atoms with E-state index in [1.54, 1.807) is 0 Å². The van der Waals surface area contributed by atoms with Crippen LogP contribution in [-0.2, 0) is 16.0 Å². The summed E-state index contributed by atoms with van der Waals surface area (Å²) in [6.07, 6.45) is 0.820. The molecule has 0 heterocycles. The maximum Gasteiger partial charge on any atom is 0.334 e. The molecule has 2 nitrogen and oxygen atoms in total. The molecular weight excluding hydrogens is 432 g/mol. The van der Waals surface area contributed by atoms with E-state index in [0.29, 0.717) is 5.57 Å². The van der Waals surface area contributed by atoms with Gasteiger partial charge in [0.25, 0.3) is 0 Å². The summed E-state index contributed by atoms with van der Waals surface area (Å²) in [5.41, 5.74) is 4.89. The molecule has 1 aliphatic rings. The molecular formula is C20H16Br2O2. The lowest BCUT2D eigenvalue weighted by atomic mass is 9.82. The molecule has 3 rings (SSSR count). The molecule has 2 aromatic carbocycles. The molecule has 0 bridgehead atoms. The second-order valence-corrected chi connectivity index (χ2v) is 7.44. The molecule has 0 amide bonds. The van der Waals surface area contributed by atoms with Gasteiger partial charge in [0.05, 0.1) is 7.11 Å². The van der Waals surface area contributed by atoms with Crippen LogP contribution < -0.4 is 0 Å². The SMILES string of the molecule is C=C(C(=O)OC)[C@@H](C1=C(Br)Cc2ccccc21)c1ccccc1Br. The second kappa shape index (κ2) is 7.08. The molecule has 2 aromatic rings. The Morgan fingerprint density at radius 2 is 1.79 bits per heavy atom. The van der Waals surface area contributed by atoms with Crippen molar-refractivity contribution in [2.24, 2.45) is 0 Å². The van der Waals surface area contributed by atoms with Crippen LogP contribution in [0.25, 0.3) is 5.57 Å². The van der Waals surface area contributed by atoms with Crippen molar-refractivity contribution in [2.45, 2.75) is 12.3 Å². The van der Waals surface area contributed by atoms with Gasteiger partial charge in [-0.05, 0) is 28.3 Å². The van der Waals surface area contributed by atoms with Gasteiger partial charge in [-0.25, -0.2) is 4.79 Å². The molecule has 122 valence electrons. The molecule has 0 saturated carbocycles. The number of allylic oxidation sites excluding steroid dienone is 2. The standard InChI is InChI=1S/C20H16Br2O2/c1-12(20(23)24-2)18(15-9-5-6-10-16(15)21)19-14-8-4-3-7-13(14)11-17(19)22/h3-10,18H,1,11H2,2H3/t18-/m1/s1. The fourth-order valence-electron chi connectivity index (χ4n) is 3.13. The lowest BCUT2D eigenvalue weighted by Crippen LogP contribution is -2.14. The lowest BCUT2D eigenvalue weighted by Gasteiger charge is -2.23. The zero-order valence-corrected chi connectivity index (χ0v) is 16.4. The maximum absolute atomic E-state index is 12.2. The van der Waals surface area contributed by atoms with Crippen molar-refractivity contribution in [3.63, 3.8) is 0 Å². The first-order chi connectivity index (χ1) is 11.5. The Morgan fingerprint density at radius 3 is 2.50 bits per heavy atom. The normalized spacial score (nSPS) is 14.3. The van der Waals surface area contributed by atoms with Crippen molar-refractivity contribution in [2.75, 3.05) is 7.11 Å². The monoisotopic (exact) mass is 446 g/mol. The smallest absolute Gasteiger partial charge is 0.334 e. The Morgan fingerprint density at radius 1 is 1.12 bits per heavy atom. The summed E-state index contributed by atoms with van der Waals surface area (Å²) in [4.78, 5) is 12.2. The van der Waals surface area contributed by atoms with Gasteiger partial charge in [0, 0.05) is 26.9 Å². The highest BCUT2D eigenvalue weighted by Crippen LogP contribution is 2.48. The van der Waals surface area contributed by atoms with Gasteiger partial charge in [-0.2, -0.15) is 0 Å². The molecule has 0 aliphatic heterocycles. The lowest BCUT2D eigenvalue weighted by molar-refractivity contribution is -0.136. The number of hydrogen-bond donors (Lipinski definition) is 0. The summed E-state index contributed by atoms with van der Waals surface area (Å²) in [5, 5.41) is 0. The van der Waals surface area contributed by atoms with E-state index in [4.69, 9.17) is 4.74 Å².